The molecule has 0 aromatic carbocycles. The number of nitrogens with one attached hydrogen (secondary N) is 2. The SMILES string of the molecule is CCC.CCC.CCNc1cc(CC)cc(NCC)n1.CCc1cc(N)nc(N)c1. The zero-order chi connectivity index (χ0) is 23.4. The molecule has 0 amide bonds. The van der Waals surface area contributed by atoms with Crippen molar-refractivity contribution in [1.82, 2.24) is 9.97 Å². The zero-order valence-corrected chi connectivity index (χ0v) is 20.6. The van der Waals surface area contributed by atoms with Crippen molar-refractivity contribution >= 4 is 23.3 Å². The lowest BCUT2D eigenvalue weighted by Gasteiger charge is -2.09. The van der Waals surface area contributed by atoms with Gasteiger partial charge in [-0.25, -0.2) is 9.97 Å². The Balaban J connectivity index is 0. The van der Waals surface area contributed by atoms with Gasteiger partial charge in [0.1, 0.15) is 23.3 Å². The molecule has 172 valence electrons. The Morgan fingerprint density at radius 1 is 0.600 bits per heavy atom. The molecule has 2 aromatic rings. The van der Waals surface area contributed by atoms with Crippen LogP contribution < -0.4 is 22.1 Å². The second-order valence-corrected chi connectivity index (χ2v) is 6.75. The van der Waals surface area contributed by atoms with E-state index in [-0.39, 0.29) is 0 Å². The van der Waals surface area contributed by atoms with Gasteiger partial charge in [0.25, 0.3) is 0 Å². The van der Waals surface area contributed by atoms with E-state index in [0.29, 0.717) is 11.6 Å². The minimum absolute atomic E-state index is 0.497. The third-order valence-electron chi connectivity index (χ3n) is 3.34. The highest BCUT2D eigenvalue weighted by atomic mass is 15.1. The first-order chi connectivity index (χ1) is 14.3. The summed E-state index contributed by atoms with van der Waals surface area (Å²) in [5.41, 5.74) is 13.3. The average Bonchev–Trinajstić information content (AvgIpc) is 2.69. The van der Waals surface area contributed by atoms with Gasteiger partial charge in [-0.05, 0) is 62.1 Å². The number of aryl methyl sites for hydroxylation is 2. The van der Waals surface area contributed by atoms with Crippen molar-refractivity contribution in [2.24, 2.45) is 0 Å². The number of rotatable bonds is 6. The fraction of sp³-hybridized carbons (Fsp3) is 0.583. The molecule has 0 unspecified atom stereocenters. The summed E-state index contributed by atoms with van der Waals surface area (Å²) in [6.07, 6.45) is 4.48. The van der Waals surface area contributed by atoms with Crippen LogP contribution in [-0.2, 0) is 12.8 Å². The molecule has 0 aliphatic rings. The van der Waals surface area contributed by atoms with Crippen LogP contribution in [0.1, 0.15) is 79.4 Å². The summed E-state index contributed by atoms with van der Waals surface area (Å²) in [5.74, 6) is 2.92. The second kappa shape index (κ2) is 19.8. The van der Waals surface area contributed by atoms with Crippen molar-refractivity contribution in [2.45, 2.75) is 81.1 Å². The molecule has 0 aliphatic carbocycles. The normalized spacial score (nSPS) is 9.07. The highest BCUT2D eigenvalue weighted by Crippen LogP contribution is 2.14. The summed E-state index contributed by atoms with van der Waals surface area (Å²) < 4.78 is 0. The van der Waals surface area contributed by atoms with E-state index in [4.69, 9.17) is 11.5 Å². The number of hydrogen-bond donors (Lipinski definition) is 4. The van der Waals surface area contributed by atoms with E-state index in [2.05, 4.69) is 81.2 Å². The van der Waals surface area contributed by atoms with Gasteiger partial charge in [-0.2, -0.15) is 0 Å². The van der Waals surface area contributed by atoms with Crippen LogP contribution in [-0.4, -0.2) is 23.1 Å². The lowest BCUT2D eigenvalue weighted by atomic mass is 10.2. The van der Waals surface area contributed by atoms with Crippen LogP contribution in [0.2, 0.25) is 0 Å². The molecule has 0 aliphatic heterocycles. The quantitative estimate of drug-likeness (QED) is 0.449. The molecule has 6 nitrogen and oxygen atoms in total. The van der Waals surface area contributed by atoms with Gasteiger partial charge >= 0.3 is 0 Å². The van der Waals surface area contributed by atoms with Crippen LogP contribution in [0.5, 0.6) is 0 Å². The second-order valence-electron chi connectivity index (χ2n) is 6.75. The Bertz CT molecular complexity index is 612. The van der Waals surface area contributed by atoms with Crippen LogP contribution >= 0.6 is 0 Å². The molecule has 6 heteroatoms. The monoisotopic (exact) mass is 418 g/mol. The summed E-state index contributed by atoms with van der Waals surface area (Å²) in [7, 11) is 0. The van der Waals surface area contributed by atoms with Gasteiger partial charge in [0.15, 0.2) is 0 Å². The van der Waals surface area contributed by atoms with Crippen molar-refractivity contribution in [2.75, 3.05) is 35.2 Å². The molecule has 2 rings (SSSR count). The number of hydrogen-bond acceptors (Lipinski definition) is 6. The largest absolute Gasteiger partial charge is 0.384 e. The smallest absolute Gasteiger partial charge is 0.128 e. The van der Waals surface area contributed by atoms with E-state index in [1.807, 2.05) is 19.1 Å². The highest BCUT2D eigenvalue weighted by Gasteiger charge is 1.99. The van der Waals surface area contributed by atoms with Crippen molar-refractivity contribution in [3.63, 3.8) is 0 Å². The standard InChI is InChI=1S/C11H19N3.C7H11N3.2C3H8/c1-4-9-7-10(12-5-2)14-11(8-9)13-6-3;1-2-5-3-6(8)10-7(9)4-5;2*1-3-2/h7-8H,4-6H2,1-3H3,(H2,12,13,14);3-4H,2H2,1H3,(H4,8,9,10);2*3H2,1-2H3. The number of pyridine rings is 2. The first-order valence-corrected chi connectivity index (χ1v) is 11.4. The fourth-order valence-electron chi connectivity index (χ4n) is 2.17. The molecule has 0 radical (unpaired) electrons. The predicted molar refractivity (Wildman–Crippen MR) is 136 cm³/mol. The summed E-state index contributed by atoms with van der Waals surface area (Å²) in [4.78, 5) is 8.28. The molecule has 6 N–H and O–H groups in total. The third-order valence-corrected chi connectivity index (χ3v) is 3.34. The first-order valence-electron chi connectivity index (χ1n) is 11.4. The van der Waals surface area contributed by atoms with Crippen LogP contribution in [0.15, 0.2) is 24.3 Å². The van der Waals surface area contributed by atoms with E-state index >= 15 is 0 Å². The molecule has 0 spiro atoms. The maximum absolute atomic E-state index is 5.44. The molecule has 0 atom stereocenters. The van der Waals surface area contributed by atoms with Gasteiger partial charge in [0.05, 0.1) is 0 Å². The third kappa shape index (κ3) is 15.4. The van der Waals surface area contributed by atoms with E-state index < -0.39 is 0 Å². The average molecular weight is 419 g/mol. The molecule has 30 heavy (non-hydrogen) atoms. The van der Waals surface area contributed by atoms with Crippen molar-refractivity contribution in [3.05, 3.63) is 35.4 Å². The van der Waals surface area contributed by atoms with E-state index in [0.717, 1.165) is 43.1 Å². The molecular weight excluding hydrogens is 372 g/mol. The minimum atomic E-state index is 0.497. The lowest BCUT2D eigenvalue weighted by molar-refractivity contribution is 1.08. The van der Waals surface area contributed by atoms with Crippen LogP contribution in [0.4, 0.5) is 23.3 Å². The number of anilines is 4. The molecular formula is C24H46N6. The summed E-state index contributed by atoms with van der Waals surface area (Å²) in [5, 5.41) is 6.46. The highest BCUT2D eigenvalue weighted by molar-refractivity contribution is 5.48. The van der Waals surface area contributed by atoms with Gasteiger partial charge in [-0.15, -0.1) is 0 Å². The molecule has 0 saturated carbocycles. The number of nitrogens with zero attached hydrogens (tertiary/aromatic N) is 2. The van der Waals surface area contributed by atoms with E-state index in [1.54, 1.807) is 0 Å². The first kappa shape index (κ1) is 29.7. The topological polar surface area (TPSA) is 102 Å². The number of nitrogens with two attached hydrogens (primary N) is 2. The summed E-state index contributed by atoms with van der Waals surface area (Å²) in [6, 6.07) is 7.86. The molecule has 2 aromatic heterocycles. The molecule has 2 heterocycles. The van der Waals surface area contributed by atoms with Crippen molar-refractivity contribution in [1.29, 1.82) is 0 Å². The van der Waals surface area contributed by atoms with E-state index in [9.17, 15) is 0 Å². The maximum Gasteiger partial charge on any atom is 0.128 e. The molecule has 0 fully saturated rings. The van der Waals surface area contributed by atoms with Gasteiger partial charge in [0, 0.05) is 13.1 Å². The Labute approximate surface area is 185 Å². The van der Waals surface area contributed by atoms with Gasteiger partial charge < -0.3 is 22.1 Å². The molecule has 0 bridgehead atoms. The van der Waals surface area contributed by atoms with Crippen LogP contribution in [0, 0.1) is 0 Å². The van der Waals surface area contributed by atoms with Crippen molar-refractivity contribution < 1.29 is 0 Å². The van der Waals surface area contributed by atoms with Gasteiger partial charge in [0.2, 0.25) is 0 Å². The maximum atomic E-state index is 5.44. The van der Waals surface area contributed by atoms with E-state index in [1.165, 1.54) is 18.4 Å². The Morgan fingerprint density at radius 3 is 1.23 bits per heavy atom. The predicted octanol–water partition coefficient (Wildman–Crippen LogP) is 6.15. The molecule has 0 saturated heterocycles. The van der Waals surface area contributed by atoms with Crippen LogP contribution in [0.25, 0.3) is 0 Å². The summed E-state index contributed by atoms with van der Waals surface area (Å²) in [6.45, 7) is 18.7. The van der Waals surface area contributed by atoms with Crippen molar-refractivity contribution in [3.8, 4) is 0 Å². The summed E-state index contributed by atoms with van der Waals surface area (Å²) >= 11 is 0. The number of nitrogen functional groups attached to an aromatic ring is 2. The fourth-order valence-corrected chi connectivity index (χ4v) is 2.17. The Kier molecular flexibility index (Phi) is 19.6. The van der Waals surface area contributed by atoms with Crippen LogP contribution in [0.3, 0.4) is 0 Å². The zero-order valence-electron chi connectivity index (χ0n) is 20.6. The Hall–Kier alpha value is -2.50. The Morgan fingerprint density at radius 2 is 0.933 bits per heavy atom. The minimum Gasteiger partial charge on any atom is -0.384 e. The lowest BCUT2D eigenvalue weighted by Crippen LogP contribution is -2.05. The van der Waals surface area contributed by atoms with Gasteiger partial charge in [-0.1, -0.05) is 54.4 Å². The number of aromatic nitrogens is 2. The van der Waals surface area contributed by atoms with Gasteiger partial charge in [-0.3, -0.25) is 0 Å².